The Morgan fingerprint density at radius 1 is 1.10 bits per heavy atom. The summed E-state index contributed by atoms with van der Waals surface area (Å²) in [7, 11) is 0. The molecule has 0 radical (unpaired) electrons. The number of nitrogens with one attached hydrogen (secondary N) is 1. The molecule has 0 aliphatic carbocycles. The number of halogens is 1. The second-order valence-electron chi connectivity index (χ2n) is 4.88. The Hall–Kier alpha value is -2.14. The molecule has 4 nitrogen and oxygen atoms in total. The van der Waals surface area contributed by atoms with Crippen LogP contribution in [0.15, 0.2) is 36.5 Å². The van der Waals surface area contributed by atoms with Crippen molar-refractivity contribution in [2.75, 3.05) is 13.4 Å². The molecule has 21 heavy (non-hydrogen) atoms. The summed E-state index contributed by atoms with van der Waals surface area (Å²) in [4.78, 5) is 4.17. The molecule has 0 spiro atoms. The normalized spacial score (nSPS) is 13.6. The van der Waals surface area contributed by atoms with Crippen LogP contribution < -0.4 is 14.8 Å². The topological polar surface area (TPSA) is 43.4 Å². The average Bonchev–Trinajstić information content (AvgIpc) is 2.54. The van der Waals surface area contributed by atoms with Crippen molar-refractivity contribution in [3.05, 3.63) is 53.3 Å². The molecule has 0 atom stereocenters. The van der Waals surface area contributed by atoms with E-state index in [1.54, 1.807) is 12.1 Å². The van der Waals surface area contributed by atoms with E-state index in [9.17, 15) is 4.39 Å². The molecule has 1 aliphatic heterocycles. The average molecular weight is 288 g/mol. The molecule has 0 bridgehead atoms. The van der Waals surface area contributed by atoms with Gasteiger partial charge in [0.1, 0.15) is 18.1 Å². The van der Waals surface area contributed by atoms with E-state index in [2.05, 4.69) is 22.4 Å². The first-order valence-electron chi connectivity index (χ1n) is 6.94. The van der Waals surface area contributed by atoms with Gasteiger partial charge in [0, 0.05) is 6.54 Å². The molecule has 0 unspecified atom stereocenters. The Kier molecular flexibility index (Phi) is 4.31. The molecule has 2 heterocycles. The van der Waals surface area contributed by atoms with Gasteiger partial charge in [-0.25, -0.2) is 4.39 Å². The fourth-order valence-electron chi connectivity index (χ4n) is 2.35. The molecule has 5 heteroatoms. The summed E-state index contributed by atoms with van der Waals surface area (Å²) in [5, 5.41) is 3.35. The van der Waals surface area contributed by atoms with E-state index in [-0.39, 0.29) is 0 Å². The maximum atomic E-state index is 12.0. The lowest BCUT2D eigenvalue weighted by Crippen LogP contribution is -2.23. The van der Waals surface area contributed by atoms with E-state index in [1.807, 2.05) is 6.07 Å². The van der Waals surface area contributed by atoms with Gasteiger partial charge in [0.25, 0.3) is 0 Å². The third kappa shape index (κ3) is 3.49. The van der Waals surface area contributed by atoms with Crippen LogP contribution in [0.3, 0.4) is 0 Å². The Labute approximate surface area is 122 Å². The molecule has 2 aromatic rings. The van der Waals surface area contributed by atoms with Crippen molar-refractivity contribution in [3.8, 4) is 11.5 Å². The Morgan fingerprint density at radius 3 is 2.81 bits per heavy atom. The second kappa shape index (κ2) is 6.54. The first-order chi connectivity index (χ1) is 10.3. The molecule has 1 aromatic heterocycles. The first kappa shape index (κ1) is 13.8. The third-order valence-electron chi connectivity index (χ3n) is 3.47. The van der Waals surface area contributed by atoms with Crippen LogP contribution in [-0.2, 0) is 19.6 Å². The molecule has 0 amide bonds. The highest BCUT2D eigenvalue weighted by Gasteiger charge is 2.09. The predicted octanol–water partition coefficient (Wildman–Crippen LogP) is 2.61. The van der Waals surface area contributed by atoms with Crippen LogP contribution in [0.1, 0.15) is 16.8 Å². The molecule has 3 rings (SSSR count). The number of fused-ring (bicyclic) bond motifs is 1. The van der Waals surface area contributed by atoms with Gasteiger partial charge in [-0.1, -0.05) is 6.07 Å². The summed E-state index contributed by atoms with van der Waals surface area (Å²) in [5.74, 6) is 1.25. The van der Waals surface area contributed by atoms with E-state index in [1.165, 1.54) is 17.3 Å². The summed E-state index contributed by atoms with van der Waals surface area (Å²) in [6, 6.07) is 9.64. The van der Waals surface area contributed by atoms with Crippen LogP contribution in [0.4, 0.5) is 4.39 Å². The van der Waals surface area contributed by atoms with Crippen molar-refractivity contribution in [1.29, 1.82) is 0 Å². The second-order valence-corrected chi connectivity index (χ2v) is 4.88. The number of hydrogen-bond acceptors (Lipinski definition) is 4. The lowest BCUT2D eigenvalue weighted by Gasteiger charge is -2.18. The van der Waals surface area contributed by atoms with Crippen molar-refractivity contribution in [2.45, 2.75) is 19.6 Å². The fourth-order valence-corrected chi connectivity index (χ4v) is 2.35. The summed E-state index contributed by atoms with van der Waals surface area (Å²) in [5.41, 5.74) is 3.45. The van der Waals surface area contributed by atoms with Gasteiger partial charge in [-0.2, -0.15) is 0 Å². The van der Waals surface area contributed by atoms with Crippen LogP contribution in [-0.4, -0.2) is 18.4 Å². The van der Waals surface area contributed by atoms with Crippen LogP contribution in [0, 0.1) is 0 Å². The summed E-state index contributed by atoms with van der Waals surface area (Å²) < 4.78 is 22.5. The van der Waals surface area contributed by atoms with Gasteiger partial charge in [-0.3, -0.25) is 4.98 Å². The molecular formula is C16H17FN2O2. The van der Waals surface area contributed by atoms with Crippen LogP contribution in [0.5, 0.6) is 11.5 Å². The highest BCUT2D eigenvalue weighted by atomic mass is 19.1. The molecule has 1 N–H and O–H groups in total. The zero-order valence-corrected chi connectivity index (χ0v) is 11.6. The van der Waals surface area contributed by atoms with E-state index in [0.717, 1.165) is 31.0 Å². The largest absolute Gasteiger partial charge is 0.487 e. The quantitative estimate of drug-likeness (QED) is 0.918. The highest BCUT2D eigenvalue weighted by molar-refractivity contribution is 5.37. The molecular weight excluding hydrogens is 271 g/mol. The standard InChI is InChI=1S/C16H17FN2O2/c17-11-21-16-4-2-14(19-9-16)10-20-15-3-1-12-5-6-18-8-13(12)7-15/h1-4,7,9,18H,5-6,8,10-11H2. The number of hydrogen-bond donors (Lipinski definition) is 1. The highest BCUT2D eigenvalue weighted by Crippen LogP contribution is 2.21. The van der Waals surface area contributed by atoms with Gasteiger partial charge in [-0.05, 0) is 48.4 Å². The lowest BCUT2D eigenvalue weighted by atomic mass is 10.0. The van der Waals surface area contributed by atoms with E-state index >= 15 is 0 Å². The Morgan fingerprint density at radius 2 is 2.00 bits per heavy atom. The molecule has 0 saturated heterocycles. The minimum atomic E-state index is -0.847. The lowest BCUT2D eigenvalue weighted by molar-refractivity contribution is 0.191. The number of rotatable bonds is 5. The third-order valence-corrected chi connectivity index (χ3v) is 3.47. The van der Waals surface area contributed by atoms with E-state index < -0.39 is 6.86 Å². The minimum Gasteiger partial charge on any atom is -0.487 e. The zero-order valence-electron chi connectivity index (χ0n) is 11.6. The van der Waals surface area contributed by atoms with Crippen molar-refractivity contribution in [2.24, 2.45) is 0 Å². The zero-order chi connectivity index (χ0) is 14.5. The van der Waals surface area contributed by atoms with Crippen molar-refractivity contribution in [3.63, 3.8) is 0 Å². The van der Waals surface area contributed by atoms with Crippen molar-refractivity contribution in [1.82, 2.24) is 10.3 Å². The van der Waals surface area contributed by atoms with Gasteiger partial charge in [-0.15, -0.1) is 0 Å². The maximum Gasteiger partial charge on any atom is 0.228 e. The van der Waals surface area contributed by atoms with Gasteiger partial charge in [0.2, 0.25) is 6.86 Å². The van der Waals surface area contributed by atoms with Crippen LogP contribution in [0.25, 0.3) is 0 Å². The molecule has 0 saturated carbocycles. The Bertz CT molecular complexity index is 602. The first-order valence-corrected chi connectivity index (χ1v) is 6.94. The van der Waals surface area contributed by atoms with Gasteiger partial charge in [0.15, 0.2) is 0 Å². The van der Waals surface area contributed by atoms with Gasteiger partial charge in [0.05, 0.1) is 11.9 Å². The van der Waals surface area contributed by atoms with Crippen molar-refractivity contribution >= 4 is 0 Å². The Balaban J connectivity index is 1.61. The van der Waals surface area contributed by atoms with E-state index in [0.29, 0.717) is 12.4 Å². The van der Waals surface area contributed by atoms with Crippen molar-refractivity contribution < 1.29 is 13.9 Å². The number of nitrogens with zero attached hydrogens (tertiary/aromatic N) is 1. The number of alkyl halides is 1. The maximum absolute atomic E-state index is 12.0. The number of aromatic nitrogens is 1. The van der Waals surface area contributed by atoms with Crippen LogP contribution in [0.2, 0.25) is 0 Å². The summed E-state index contributed by atoms with van der Waals surface area (Å²) in [6.07, 6.45) is 2.56. The number of pyridine rings is 1. The summed E-state index contributed by atoms with van der Waals surface area (Å²) >= 11 is 0. The molecule has 1 aromatic carbocycles. The monoisotopic (exact) mass is 288 g/mol. The number of ether oxygens (including phenoxy) is 2. The molecule has 1 aliphatic rings. The predicted molar refractivity (Wildman–Crippen MR) is 77.0 cm³/mol. The summed E-state index contributed by atoms with van der Waals surface area (Å²) in [6.45, 7) is 1.45. The molecule has 0 fully saturated rings. The minimum absolute atomic E-state index is 0.377. The van der Waals surface area contributed by atoms with E-state index in [4.69, 9.17) is 9.47 Å². The van der Waals surface area contributed by atoms with Gasteiger partial charge >= 0.3 is 0 Å². The number of benzene rings is 1. The molecule has 110 valence electrons. The smallest absolute Gasteiger partial charge is 0.228 e. The van der Waals surface area contributed by atoms with Crippen LogP contribution >= 0.6 is 0 Å². The SMILES string of the molecule is FCOc1ccc(COc2ccc3c(c2)CNCC3)nc1. The fraction of sp³-hybridized carbons (Fsp3) is 0.312. The van der Waals surface area contributed by atoms with Gasteiger partial charge < -0.3 is 14.8 Å².